The van der Waals surface area contributed by atoms with Gasteiger partial charge in [0.25, 0.3) is 0 Å². The van der Waals surface area contributed by atoms with Gasteiger partial charge >= 0.3 is 0 Å². The molecule has 1 amide bonds. The summed E-state index contributed by atoms with van der Waals surface area (Å²) in [4.78, 5) is 11.5. The molecule has 0 heterocycles. The van der Waals surface area contributed by atoms with Crippen molar-refractivity contribution in [3.8, 4) is 0 Å². The minimum atomic E-state index is -0.0178. The Kier molecular flexibility index (Phi) is 2.77. The van der Waals surface area contributed by atoms with Crippen molar-refractivity contribution in [2.75, 3.05) is 0 Å². The van der Waals surface area contributed by atoms with Crippen LogP contribution in [0.25, 0.3) is 0 Å². The van der Waals surface area contributed by atoms with Crippen LogP contribution >= 0.6 is 0 Å². The van der Waals surface area contributed by atoms with Crippen LogP contribution in [-0.2, 0) is 4.79 Å². The van der Waals surface area contributed by atoms with Crippen molar-refractivity contribution in [1.82, 2.24) is 5.32 Å². The molecule has 2 saturated carbocycles. The molecule has 3 heteroatoms. The lowest BCUT2D eigenvalue weighted by Gasteiger charge is -2.06. The summed E-state index contributed by atoms with van der Waals surface area (Å²) < 4.78 is 0. The predicted octanol–water partition coefficient (Wildman–Crippen LogP) is 1.03. The Morgan fingerprint density at radius 3 is 2.50 bits per heavy atom. The molecule has 0 aromatic rings. The number of fused-ring (bicyclic) bond motifs is 1. The number of nitrogens with one attached hydrogen (secondary N) is 1. The molecule has 0 radical (unpaired) electrons. The van der Waals surface area contributed by atoms with Crippen LogP contribution in [0, 0.1) is 11.8 Å². The zero-order valence-corrected chi connectivity index (χ0v) is 8.83. The maximum absolute atomic E-state index is 11.5. The summed E-state index contributed by atoms with van der Waals surface area (Å²) in [6.07, 6.45) is 5.79. The van der Waals surface area contributed by atoms with Crippen molar-refractivity contribution in [2.45, 2.75) is 51.1 Å². The molecule has 0 aromatic carbocycles. The molecule has 0 saturated heterocycles. The number of rotatable bonds is 3. The van der Waals surface area contributed by atoms with Crippen molar-refractivity contribution >= 4 is 5.91 Å². The average Bonchev–Trinajstić information content (AvgIpc) is 2.78. The molecule has 14 heavy (non-hydrogen) atoms. The Balaban J connectivity index is 1.74. The van der Waals surface area contributed by atoms with Gasteiger partial charge in [0.15, 0.2) is 0 Å². The van der Waals surface area contributed by atoms with Crippen molar-refractivity contribution in [2.24, 2.45) is 17.6 Å². The van der Waals surface area contributed by atoms with Gasteiger partial charge in [-0.25, -0.2) is 0 Å². The van der Waals surface area contributed by atoms with Crippen LogP contribution in [0.4, 0.5) is 0 Å². The first-order valence-corrected chi connectivity index (χ1v) is 5.73. The summed E-state index contributed by atoms with van der Waals surface area (Å²) in [6.45, 7) is 1.87. The van der Waals surface area contributed by atoms with Crippen LogP contribution in [0.15, 0.2) is 0 Å². The van der Waals surface area contributed by atoms with Crippen LogP contribution in [0.2, 0.25) is 0 Å². The van der Waals surface area contributed by atoms with Gasteiger partial charge in [-0.05, 0) is 31.6 Å². The van der Waals surface area contributed by atoms with Crippen molar-refractivity contribution < 1.29 is 4.79 Å². The molecule has 2 aliphatic carbocycles. The van der Waals surface area contributed by atoms with Gasteiger partial charge in [0.05, 0.1) is 0 Å². The monoisotopic (exact) mass is 196 g/mol. The number of carbonyl (C=O) groups excluding carboxylic acids is 1. The van der Waals surface area contributed by atoms with E-state index in [9.17, 15) is 4.79 Å². The van der Waals surface area contributed by atoms with E-state index in [1.165, 1.54) is 25.7 Å². The number of hydrogen-bond acceptors (Lipinski definition) is 2. The molecule has 0 spiro atoms. The summed E-state index contributed by atoms with van der Waals surface area (Å²) in [7, 11) is 0. The van der Waals surface area contributed by atoms with Crippen LogP contribution < -0.4 is 11.1 Å². The Hall–Kier alpha value is -0.570. The van der Waals surface area contributed by atoms with Crippen molar-refractivity contribution in [1.29, 1.82) is 0 Å². The first kappa shape index (κ1) is 9.97. The number of hydrogen-bond donors (Lipinski definition) is 2. The summed E-state index contributed by atoms with van der Waals surface area (Å²) in [6, 6.07) is 0.472. The second kappa shape index (κ2) is 3.89. The lowest BCUT2D eigenvalue weighted by Crippen LogP contribution is -2.32. The van der Waals surface area contributed by atoms with Gasteiger partial charge in [-0.3, -0.25) is 4.79 Å². The highest BCUT2D eigenvalue weighted by molar-refractivity contribution is 5.77. The van der Waals surface area contributed by atoms with E-state index in [4.69, 9.17) is 5.73 Å². The molecule has 2 aliphatic rings. The highest BCUT2D eigenvalue weighted by Crippen LogP contribution is 2.49. The van der Waals surface area contributed by atoms with Crippen LogP contribution in [0.3, 0.4) is 0 Å². The molecule has 3 unspecified atom stereocenters. The largest absolute Gasteiger partial charge is 0.353 e. The van der Waals surface area contributed by atoms with E-state index in [-0.39, 0.29) is 11.9 Å². The molecule has 3 N–H and O–H groups in total. The van der Waals surface area contributed by atoms with E-state index in [1.54, 1.807) is 0 Å². The highest BCUT2D eigenvalue weighted by Gasteiger charge is 2.51. The van der Waals surface area contributed by atoms with E-state index < -0.39 is 0 Å². The van der Waals surface area contributed by atoms with Gasteiger partial charge < -0.3 is 11.1 Å². The Morgan fingerprint density at radius 2 is 2.00 bits per heavy atom. The van der Waals surface area contributed by atoms with E-state index in [2.05, 4.69) is 5.32 Å². The summed E-state index contributed by atoms with van der Waals surface area (Å²) in [5.74, 6) is 1.72. The fourth-order valence-corrected chi connectivity index (χ4v) is 2.74. The predicted molar refractivity (Wildman–Crippen MR) is 55.6 cm³/mol. The molecule has 0 bridgehead atoms. The second-order valence-corrected chi connectivity index (χ2v) is 4.89. The quantitative estimate of drug-likeness (QED) is 0.708. The number of carbonyl (C=O) groups is 1. The summed E-state index contributed by atoms with van der Waals surface area (Å²) in [5.41, 5.74) is 5.58. The third kappa shape index (κ3) is 2.08. The Bertz CT molecular complexity index is 215. The lowest BCUT2D eigenvalue weighted by molar-refractivity contribution is -0.121. The Morgan fingerprint density at radius 1 is 1.43 bits per heavy atom. The van der Waals surface area contributed by atoms with Gasteiger partial charge in [0, 0.05) is 18.5 Å². The number of nitrogens with two attached hydrogens (primary N) is 1. The van der Waals surface area contributed by atoms with E-state index >= 15 is 0 Å². The molecular formula is C11H20N2O. The topological polar surface area (TPSA) is 55.1 Å². The molecule has 2 fully saturated rings. The fraction of sp³-hybridized carbons (Fsp3) is 0.909. The zero-order valence-electron chi connectivity index (χ0n) is 8.83. The van der Waals surface area contributed by atoms with E-state index in [0.717, 1.165) is 11.8 Å². The van der Waals surface area contributed by atoms with Crippen molar-refractivity contribution in [3.63, 3.8) is 0 Å². The molecule has 3 nitrogen and oxygen atoms in total. The molecular weight excluding hydrogens is 176 g/mol. The molecule has 2 rings (SSSR count). The van der Waals surface area contributed by atoms with Crippen LogP contribution in [0.5, 0.6) is 0 Å². The average molecular weight is 196 g/mol. The summed E-state index contributed by atoms with van der Waals surface area (Å²) >= 11 is 0. The maximum atomic E-state index is 11.5. The van der Waals surface area contributed by atoms with Crippen molar-refractivity contribution in [3.05, 3.63) is 0 Å². The van der Waals surface area contributed by atoms with Crippen LogP contribution in [-0.4, -0.2) is 18.0 Å². The molecule has 3 atom stereocenters. The molecule has 0 aliphatic heterocycles. The van der Waals surface area contributed by atoms with Gasteiger partial charge in [-0.15, -0.1) is 0 Å². The fourth-order valence-electron chi connectivity index (χ4n) is 2.74. The van der Waals surface area contributed by atoms with Gasteiger partial charge in [0.1, 0.15) is 0 Å². The van der Waals surface area contributed by atoms with E-state index in [1.807, 2.05) is 6.92 Å². The van der Waals surface area contributed by atoms with Crippen LogP contribution in [0.1, 0.15) is 39.0 Å². The highest BCUT2D eigenvalue weighted by atomic mass is 16.1. The maximum Gasteiger partial charge on any atom is 0.221 e. The third-order valence-electron chi connectivity index (χ3n) is 3.49. The van der Waals surface area contributed by atoms with Gasteiger partial charge in [-0.2, -0.15) is 0 Å². The second-order valence-electron chi connectivity index (χ2n) is 4.89. The SMILES string of the molecule is CC(N)CC(=O)NC1C2CCCCC21. The lowest BCUT2D eigenvalue weighted by atomic mass is 10.0. The summed E-state index contributed by atoms with van der Waals surface area (Å²) in [5, 5.41) is 3.11. The van der Waals surface area contributed by atoms with E-state index in [0.29, 0.717) is 12.5 Å². The standard InChI is InChI=1S/C11H20N2O/c1-7(12)6-10(14)13-11-8-4-2-3-5-9(8)11/h7-9,11H,2-6,12H2,1H3,(H,13,14). The Labute approximate surface area is 85.4 Å². The normalized spacial score (nSPS) is 37.1. The molecule has 0 aromatic heterocycles. The minimum absolute atomic E-state index is 0.0178. The first-order chi connectivity index (χ1) is 6.68. The number of amides is 1. The minimum Gasteiger partial charge on any atom is -0.353 e. The molecule has 80 valence electrons. The zero-order chi connectivity index (χ0) is 10.1. The smallest absolute Gasteiger partial charge is 0.221 e. The van der Waals surface area contributed by atoms with Gasteiger partial charge in [-0.1, -0.05) is 12.8 Å². The first-order valence-electron chi connectivity index (χ1n) is 5.73. The third-order valence-corrected chi connectivity index (χ3v) is 3.49. The van der Waals surface area contributed by atoms with Gasteiger partial charge in [0.2, 0.25) is 5.91 Å².